The van der Waals surface area contributed by atoms with Gasteiger partial charge >= 0.3 is 0 Å². The van der Waals surface area contributed by atoms with E-state index in [9.17, 15) is 4.79 Å². The fourth-order valence-electron chi connectivity index (χ4n) is 1.46. The van der Waals surface area contributed by atoms with Crippen LogP contribution < -0.4 is 10.1 Å². The van der Waals surface area contributed by atoms with Crippen LogP contribution >= 0.6 is 0 Å². The number of nitrogens with one attached hydrogen (secondary N) is 1. The highest BCUT2D eigenvalue weighted by molar-refractivity contribution is 5.90. The average Bonchev–Trinajstić information content (AvgIpc) is 2.28. The van der Waals surface area contributed by atoms with Crippen LogP contribution in [0.15, 0.2) is 30.6 Å². The summed E-state index contributed by atoms with van der Waals surface area (Å²) in [7, 11) is 1.56. The van der Waals surface area contributed by atoms with Gasteiger partial charge in [-0.15, -0.1) is 0 Å². The summed E-state index contributed by atoms with van der Waals surface area (Å²) in [4.78, 5) is 14.4. The van der Waals surface area contributed by atoms with E-state index in [1.807, 2.05) is 18.2 Å². The molecule has 0 aliphatic rings. The Morgan fingerprint density at radius 2 is 2.27 bits per heavy atom. The van der Waals surface area contributed by atoms with Crippen LogP contribution in [0.1, 0.15) is 0 Å². The second-order valence-corrected chi connectivity index (χ2v) is 3.04. The van der Waals surface area contributed by atoms with Gasteiger partial charge in [-0.25, -0.2) is 0 Å². The van der Waals surface area contributed by atoms with Crippen molar-refractivity contribution in [2.45, 2.75) is 0 Å². The Morgan fingerprint density at radius 1 is 1.40 bits per heavy atom. The lowest BCUT2D eigenvalue weighted by Gasteiger charge is -2.08. The van der Waals surface area contributed by atoms with Crippen molar-refractivity contribution in [1.82, 2.24) is 4.98 Å². The van der Waals surface area contributed by atoms with Crippen LogP contribution in [0.5, 0.6) is 5.75 Å². The molecule has 0 spiro atoms. The first kappa shape index (κ1) is 9.45. The molecule has 0 fully saturated rings. The lowest BCUT2D eigenvalue weighted by molar-refractivity contribution is -0.105. The molecule has 1 amide bonds. The van der Waals surface area contributed by atoms with Crippen LogP contribution in [0.4, 0.5) is 5.69 Å². The zero-order valence-electron chi connectivity index (χ0n) is 8.23. The minimum absolute atomic E-state index is 0.627. The molecule has 0 bridgehead atoms. The van der Waals surface area contributed by atoms with Crippen molar-refractivity contribution in [2.75, 3.05) is 12.4 Å². The normalized spacial score (nSPS) is 9.93. The number of amides is 1. The summed E-state index contributed by atoms with van der Waals surface area (Å²) >= 11 is 0. The van der Waals surface area contributed by atoms with E-state index in [0.29, 0.717) is 17.8 Å². The lowest BCUT2D eigenvalue weighted by Crippen LogP contribution is -1.97. The molecule has 2 rings (SSSR count). The molecule has 1 aromatic heterocycles. The number of aromatic nitrogens is 1. The number of hydrogen-bond acceptors (Lipinski definition) is 3. The van der Waals surface area contributed by atoms with Gasteiger partial charge in [-0.2, -0.15) is 0 Å². The second-order valence-electron chi connectivity index (χ2n) is 3.04. The highest BCUT2D eigenvalue weighted by Crippen LogP contribution is 2.29. The Balaban J connectivity index is 2.63. The molecule has 0 radical (unpaired) electrons. The zero-order valence-corrected chi connectivity index (χ0v) is 8.23. The fourth-order valence-corrected chi connectivity index (χ4v) is 1.46. The number of methoxy groups -OCH3 is 1. The first-order valence-corrected chi connectivity index (χ1v) is 4.47. The third-order valence-corrected chi connectivity index (χ3v) is 2.17. The van der Waals surface area contributed by atoms with E-state index >= 15 is 0 Å². The molecular formula is C11H10N2O2. The largest absolute Gasteiger partial charge is 0.495 e. The molecule has 0 saturated carbocycles. The van der Waals surface area contributed by atoms with Crippen LogP contribution in [-0.4, -0.2) is 18.5 Å². The number of fused-ring (bicyclic) bond motifs is 1. The summed E-state index contributed by atoms with van der Waals surface area (Å²) in [6.45, 7) is 0. The summed E-state index contributed by atoms with van der Waals surface area (Å²) in [5, 5.41) is 4.58. The number of rotatable bonds is 3. The third kappa shape index (κ3) is 1.74. The average molecular weight is 202 g/mol. The van der Waals surface area contributed by atoms with E-state index in [0.717, 1.165) is 10.8 Å². The van der Waals surface area contributed by atoms with Gasteiger partial charge in [0.2, 0.25) is 6.41 Å². The molecule has 2 aromatic rings. The van der Waals surface area contributed by atoms with E-state index in [1.54, 1.807) is 19.5 Å². The van der Waals surface area contributed by atoms with Crippen molar-refractivity contribution in [2.24, 2.45) is 0 Å². The number of carbonyl (C=O) groups excluding carboxylic acids is 1. The van der Waals surface area contributed by atoms with Crippen molar-refractivity contribution < 1.29 is 9.53 Å². The Morgan fingerprint density at radius 3 is 3.00 bits per heavy atom. The molecule has 0 atom stereocenters. The quantitative estimate of drug-likeness (QED) is 0.772. The molecule has 0 aliphatic carbocycles. The summed E-state index contributed by atoms with van der Waals surface area (Å²) < 4.78 is 5.16. The Labute approximate surface area is 86.9 Å². The van der Waals surface area contributed by atoms with Gasteiger partial charge in [0.05, 0.1) is 12.8 Å². The van der Waals surface area contributed by atoms with Crippen molar-refractivity contribution in [3.63, 3.8) is 0 Å². The Kier molecular flexibility index (Phi) is 2.49. The van der Waals surface area contributed by atoms with Gasteiger partial charge in [0.15, 0.2) is 0 Å². The number of carbonyl (C=O) groups is 1. The molecule has 4 heteroatoms. The number of ether oxygens (including phenoxy) is 1. The number of nitrogens with zero attached hydrogens (tertiary/aromatic N) is 1. The van der Waals surface area contributed by atoms with Gasteiger partial charge in [-0.1, -0.05) is 0 Å². The van der Waals surface area contributed by atoms with E-state index in [-0.39, 0.29) is 0 Å². The second kappa shape index (κ2) is 3.96. The first-order valence-electron chi connectivity index (χ1n) is 4.47. The third-order valence-electron chi connectivity index (χ3n) is 2.17. The number of hydrogen-bond donors (Lipinski definition) is 1. The predicted molar refractivity (Wildman–Crippen MR) is 58.0 cm³/mol. The number of benzene rings is 1. The molecular weight excluding hydrogens is 192 g/mol. The monoisotopic (exact) mass is 202 g/mol. The minimum Gasteiger partial charge on any atom is -0.495 e. The minimum atomic E-state index is 0.627. The zero-order chi connectivity index (χ0) is 10.7. The molecule has 1 N–H and O–H groups in total. The smallest absolute Gasteiger partial charge is 0.211 e. The van der Waals surface area contributed by atoms with Crippen LogP contribution in [0.25, 0.3) is 10.8 Å². The molecule has 0 aliphatic heterocycles. The van der Waals surface area contributed by atoms with E-state index in [4.69, 9.17) is 4.74 Å². The van der Waals surface area contributed by atoms with Crippen LogP contribution in [-0.2, 0) is 4.79 Å². The highest BCUT2D eigenvalue weighted by atomic mass is 16.5. The molecule has 0 saturated heterocycles. The maximum Gasteiger partial charge on any atom is 0.211 e. The van der Waals surface area contributed by atoms with Gasteiger partial charge in [0.25, 0.3) is 0 Å². The fraction of sp³-hybridized carbons (Fsp3) is 0.0909. The van der Waals surface area contributed by atoms with Gasteiger partial charge in [0.1, 0.15) is 5.75 Å². The Bertz CT molecular complexity index is 497. The van der Waals surface area contributed by atoms with Gasteiger partial charge < -0.3 is 10.1 Å². The molecule has 15 heavy (non-hydrogen) atoms. The number of anilines is 1. The molecule has 0 unspecified atom stereocenters. The van der Waals surface area contributed by atoms with Crippen molar-refractivity contribution in [3.05, 3.63) is 30.6 Å². The standard InChI is InChI=1S/C11H10N2O2/c1-15-11-5-9-6-12-3-2-8(9)4-10(11)13-7-14/h2-7H,1H3,(H,13,14). The maximum atomic E-state index is 10.4. The van der Waals surface area contributed by atoms with Crippen LogP contribution in [0.3, 0.4) is 0 Å². The molecule has 1 aromatic carbocycles. The van der Waals surface area contributed by atoms with Crippen LogP contribution in [0, 0.1) is 0 Å². The van der Waals surface area contributed by atoms with Gasteiger partial charge in [0, 0.05) is 17.8 Å². The van der Waals surface area contributed by atoms with Gasteiger partial charge in [-0.3, -0.25) is 9.78 Å². The lowest BCUT2D eigenvalue weighted by atomic mass is 10.1. The van der Waals surface area contributed by atoms with E-state index in [1.165, 1.54) is 0 Å². The molecule has 1 heterocycles. The van der Waals surface area contributed by atoms with Crippen LogP contribution in [0.2, 0.25) is 0 Å². The summed E-state index contributed by atoms with van der Waals surface area (Å²) in [5.74, 6) is 0.627. The van der Waals surface area contributed by atoms with E-state index in [2.05, 4.69) is 10.3 Å². The topological polar surface area (TPSA) is 51.2 Å². The predicted octanol–water partition coefficient (Wildman–Crippen LogP) is 1.81. The summed E-state index contributed by atoms with van der Waals surface area (Å²) in [6, 6.07) is 5.57. The molecule has 76 valence electrons. The first-order chi connectivity index (χ1) is 7.35. The highest BCUT2D eigenvalue weighted by Gasteiger charge is 2.04. The van der Waals surface area contributed by atoms with Crippen molar-refractivity contribution in [3.8, 4) is 5.75 Å². The van der Waals surface area contributed by atoms with Crippen molar-refractivity contribution in [1.29, 1.82) is 0 Å². The van der Waals surface area contributed by atoms with Crippen molar-refractivity contribution >= 4 is 22.9 Å². The Hall–Kier alpha value is -2.10. The molecule has 4 nitrogen and oxygen atoms in total. The summed E-state index contributed by atoms with van der Waals surface area (Å²) in [5.41, 5.74) is 0.659. The van der Waals surface area contributed by atoms with Gasteiger partial charge in [-0.05, 0) is 23.6 Å². The maximum absolute atomic E-state index is 10.4. The summed E-state index contributed by atoms with van der Waals surface area (Å²) in [6.07, 6.45) is 4.09. The SMILES string of the molecule is COc1cc2cnccc2cc1NC=O. The van der Waals surface area contributed by atoms with E-state index < -0.39 is 0 Å². The number of pyridine rings is 1.